The topological polar surface area (TPSA) is 44.2 Å². The zero-order valence-electron chi connectivity index (χ0n) is 16.0. The van der Waals surface area contributed by atoms with Crippen LogP contribution in [0, 0.1) is 6.07 Å². The van der Waals surface area contributed by atoms with E-state index < -0.39 is 11.7 Å². The lowest BCUT2D eigenvalue weighted by atomic mass is 10.1. The summed E-state index contributed by atoms with van der Waals surface area (Å²) in [5.74, 6) is 1.20. The first-order valence-corrected chi connectivity index (χ1v) is 9.86. The molecule has 32 heavy (non-hydrogen) atoms. The quantitative estimate of drug-likeness (QED) is 0.294. The third kappa shape index (κ3) is 5.30. The van der Waals surface area contributed by atoms with Crippen molar-refractivity contribution in [2.75, 3.05) is 0 Å². The second-order valence-corrected chi connectivity index (χ2v) is 7.33. The first-order valence-electron chi connectivity index (χ1n) is 9.10. The van der Waals surface area contributed by atoms with E-state index in [1.54, 1.807) is 42.5 Å². The number of hydrogen-bond acceptors (Lipinski definition) is 4. The Morgan fingerprint density at radius 1 is 0.812 bits per heavy atom. The maximum Gasteiger partial charge on any atom is 0.417 e. The standard InChI is InChI=1S/C23H12Cl2F3N2O2/c24-17-11-20(25)22(30-13-17)32-19-3-1-2-15(10-19)14-4-7-18(8-5-14)31-21-9-6-16(12-29-21)23(26,27)28/h1,3-13H. The lowest BCUT2D eigenvalue weighted by molar-refractivity contribution is -0.137. The van der Waals surface area contributed by atoms with E-state index in [1.165, 1.54) is 18.3 Å². The monoisotopic (exact) mass is 475 g/mol. The van der Waals surface area contributed by atoms with Gasteiger partial charge in [0.1, 0.15) is 16.5 Å². The lowest BCUT2D eigenvalue weighted by Gasteiger charge is -2.10. The highest BCUT2D eigenvalue weighted by atomic mass is 35.5. The molecular formula is C23H12Cl2F3N2O2. The second-order valence-electron chi connectivity index (χ2n) is 6.49. The van der Waals surface area contributed by atoms with Crippen LogP contribution in [-0.4, -0.2) is 9.97 Å². The molecule has 0 aliphatic heterocycles. The summed E-state index contributed by atoms with van der Waals surface area (Å²) in [7, 11) is 0. The summed E-state index contributed by atoms with van der Waals surface area (Å²) in [4.78, 5) is 7.76. The van der Waals surface area contributed by atoms with Gasteiger partial charge >= 0.3 is 6.18 Å². The van der Waals surface area contributed by atoms with Gasteiger partial charge in [-0.25, -0.2) is 9.97 Å². The molecule has 0 fully saturated rings. The minimum atomic E-state index is -4.45. The molecule has 4 nitrogen and oxygen atoms in total. The van der Waals surface area contributed by atoms with Gasteiger partial charge in [-0.05, 0) is 53.6 Å². The number of aromatic nitrogens is 2. The number of hydrogen-bond donors (Lipinski definition) is 0. The van der Waals surface area contributed by atoms with Crippen molar-refractivity contribution in [1.29, 1.82) is 0 Å². The maximum atomic E-state index is 12.6. The summed E-state index contributed by atoms with van der Waals surface area (Å²) in [6.07, 6.45) is -2.29. The van der Waals surface area contributed by atoms with Crippen LogP contribution >= 0.6 is 23.2 Å². The summed E-state index contributed by atoms with van der Waals surface area (Å²) in [6.45, 7) is 0. The Hall–Kier alpha value is -3.29. The second kappa shape index (κ2) is 9.06. The highest BCUT2D eigenvalue weighted by Crippen LogP contribution is 2.33. The van der Waals surface area contributed by atoms with Crippen LogP contribution in [0.3, 0.4) is 0 Å². The Kier molecular flexibility index (Phi) is 6.21. The molecule has 0 saturated carbocycles. The SMILES string of the molecule is FC(F)(F)c1ccc(Oc2ccc(-c3[c]ccc(Oc4ncc(Cl)cc4Cl)c3)cc2)nc1. The minimum absolute atomic E-state index is 0.0556. The number of benzene rings is 2. The molecule has 4 aromatic rings. The van der Waals surface area contributed by atoms with E-state index in [4.69, 9.17) is 32.7 Å². The molecule has 0 amide bonds. The Bertz CT molecular complexity index is 1230. The predicted octanol–water partition coefficient (Wildman–Crippen LogP) is 7.85. The van der Waals surface area contributed by atoms with E-state index >= 15 is 0 Å². The largest absolute Gasteiger partial charge is 0.439 e. The van der Waals surface area contributed by atoms with Crippen LogP contribution in [0.2, 0.25) is 10.0 Å². The molecule has 0 spiro atoms. The average molecular weight is 476 g/mol. The van der Waals surface area contributed by atoms with Gasteiger partial charge in [0.25, 0.3) is 0 Å². The molecule has 0 N–H and O–H groups in total. The molecule has 9 heteroatoms. The highest BCUT2D eigenvalue weighted by molar-refractivity contribution is 6.35. The van der Waals surface area contributed by atoms with Gasteiger partial charge in [-0.3, -0.25) is 0 Å². The fraction of sp³-hybridized carbons (Fsp3) is 0.0435. The van der Waals surface area contributed by atoms with Gasteiger partial charge in [0.15, 0.2) is 0 Å². The molecule has 2 heterocycles. The molecule has 0 bridgehead atoms. The molecule has 2 aromatic heterocycles. The Balaban J connectivity index is 1.47. The summed E-state index contributed by atoms with van der Waals surface area (Å²) in [5, 5.41) is 0.684. The molecular weight excluding hydrogens is 464 g/mol. The van der Waals surface area contributed by atoms with Gasteiger partial charge in [0.05, 0.1) is 10.6 Å². The first-order chi connectivity index (χ1) is 15.3. The van der Waals surface area contributed by atoms with Crippen molar-refractivity contribution in [2.45, 2.75) is 6.18 Å². The zero-order chi connectivity index (χ0) is 22.7. The van der Waals surface area contributed by atoms with Crippen molar-refractivity contribution in [1.82, 2.24) is 9.97 Å². The number of alkyl halides is 3. The third-order valence-electron chi connectivity index (χ3n) is 4.21. The smallest absolute Gasteiger partial charge is 0.417 e. The number of nitrogens with zero attached hydrogens (tertiary/aromatic N) is 2. The summed E-state index contributed by atoms with van der Waals surface area (Å²) < 4.78 is 49.1. The van der Waals surface area contributed by atoms with Crippen molar-refractivity contribution in [3.63, 3.8) is 0 Å². The molecule has 4 rings (SSSR count). The molecule has 0 saturated heterocycles. The fourth-order valence-corrected chi connectivity index (χ4v) is 3.11. The minimum Gasteiger partial charge on any atom is -0.439 e. The molecule has 0 aliphatic carbocycles. The van der Waals surface area contributed by atoms with Crippen molar-refractivity contribution in [3.8, 4) is 34.4 Å². The van der Waals surface area contributed by atoms with Crippen LogP contribution in [-0.2, 0) is 6.18 Å². The van der Waals surface area contributed by atoms with Crippen LogP contribution < -0.4 is 9.47 Å². The van der Waals surface area contributed by atoms with E-state index in [1.807, 2.05) is 0 Å². The van der Waals surface area contributed by atoms with Gasteiger partial charge in [-0.2, -0.15) is 13.2 Å². The van der Waals surface area contributed by atoms with Crippen LogP contribution in [0.15, 0.2) is 73.1 Å². The first kappa shape index (κ1) is 21.9. The van der Waals surface area contributed by atoms with Crippen molar-refractivity contribution in [2.24, 2.45) is 0 Å². The predicted molar refractivity (Wildman–Crippen MR) is 114 cm³/mol. The van der Waals surface area contributed by atoms with Crippen LogP contribution in [0.25, 0.3) is 11.1 Å². The van der Waals surface area contributed by atoms with Crippen molar-refractivity contribution >= 4 is 23.2 Å². The molecule has 2 aromatic carbocycles. The van der Waals surface area contributed by atoms with E-state index in [9.17, 15) is 13.2 Å². The maximum absolute atomic E-state index is 12.6. The van der Waals surface area contributed by atoms with Gasteiger partial charge in [-0.1, -0.05) is 41.4 Å². The summed E-state index contributed by atoms with van der Waals surface area (Å²) in [6, 6.07) is 18.8. The third-order valence-corrected chi connectivity index (χ3v) is 4.69. The Morgan fingerprint density at radius 3 is 2.25 bits per heavy atom. The normalized spacial score (nSPS) is 11.3. The fourth-order valence-electron chi connectivity index (χ4n) is 2.70. The highest BCUT2D eigenvalue weighted by Gasteiger charge is 2.30. The van der Waals surface area contributed by atoms with E-state index in [0.29, 0.717) is 16.5 Å². The number of rotatable bonds is 5. The van der Waals surface area contributed by atoms with Crippen molar-refractivity contribution in [3.05, 3.63) is 94.7 Å². The lowest BCUT2D eigenvalue weighted by Crippen LogP contribution is -2.05. The van der Waals surface area contributed by atoms with E-state index in [-0.39, 0.29) is 16.8 Å². The van der Waals surface area contributed by atoms with Gasteiger partial charge in [0.2, 0.25) is 11.8 Å². The summed E-state index contributed by atoms with van der Waals surface area (Å²) >= 11 is 11.9. The van der Waals surface area contributed by atoms with E-state index in [2.05, 4.69) is 16.0 Å². The van der Waals surface area contributed by atoms with Gasteiger partial charge in [0, 0.05) is 18.5 Å². The van der Waals surface area contributed by atoms with Crippen LogP contribution in [0.4, 0.5) is 13.2 Å². The number of ether oxygens (including phenoxy) is 2. The molecule has 0 aliphatic rings. The molecule has 161 valence electrons. The zero-order valence-corrected chi connectivity index (χ0v) is 17.5. The van der Waals surface area contributed by atoms with Crippen LogP contribution in [0.1, 0.15) is 5.56 Å². The van der Waals surface area contributed by atoms with E-state index in [0.717, 1.165) is 23.4 Å². The van der Waals surface area contributed by atoms with Crippen LogP contribution in [0.5, 0.6) is 23.3 Å². The van der Waals surface area contributed by atoms with Crippen molar-refractivity contribution < 1.29 is 22.6 Å². The number of halogens is 5. The number of pyridine rings is 2. The Labute approximate surface area is 191 Å². The average Bonchev–Trinajstić information content (AvgIpc) is 2.76. The summed E-state index contributed by atoms with van der Waals surface area (Å²) in [5.41, 5.74) is 0.720. The van der Waals surface area contributed by atoms with Gasteiger partial charge in [-0.15, -0.1) is 0 Å². The molecule has 0 unspecified atom stereocenters. The molecule has 0 atom stereocenters. The molecule has 1 radical (unpaired) electrons. The Morgan fingerprint density at radius 2 is 1.59 bits per heavy atom. The van der Waals surface area contributed by atoms with Gasteiger partial charge < -0.3 is 9.47 Å².